The summed E-state index contributed by atoms with van der Waals surface area (Å²) in [5.74, 6) is -0.236. The largest absolute Gasteiger partial charge is 0.353 e. The number of H-pyrrole nitrogens is 1. The summed E-state index contributed by atoms with van der Waals surface area (Å²) >= 11 is 0. The van der Waals surface area contributed by atoms with E-state index in [0.29, 0.717) is 19.6 Å². The van der Waals surface area contributed by atoms with E-state index in [4.69, 9.17) is 0 Å². The third-order valence-electron chi connectivity index (χ3n) is 4.84. The number of nitrogens with one attached hydrogen (secondary N) is 3. The van der Waals surface area contributed by atoms with E-state index in [1.165, 1.54) is 11.1 Å². The fraction of sp³-hybridized carbons (Fsp3) is 0.421. The molecule has 1 saturated heterocycles. The third-order valence-corrected chi connectivity index (χ3v) is 4.84. The molecule has 0 spiro atoms. The Morgan fingerprint density at radius 3 is 2.88 bits per heavy atom. The minimum Gasteiger partial charge on any atom is -0.353 e. The number of piperazine rings is 1. The van der Waals surface area contributed by atoms with Gasteiger partial charge in [0.15, 0.2) is 0 Å². The van der Waals surface area contributed by atoms with Crippen molar-refractivity contribution in [3.05, 3.63) is 53.1 Å². The summed E-state index contributed by atoms with van der Waals surface area (Å²) < 4.78 is 0. The van der Waals surface area contributed by atoms with Crippen molar-refractivity contribution in [2.75, 3.05) is 13.1 Å². The summed E-state index contributed by atoms with van der Waals surface area (Å²) in [6.45, 7) is 6.34. The summed E-state index contributed by atoms with van der Waals surface area (Å²) in [5, 5.41) is 5.73. The van der Waals surface area contributed by atoms with Crippen molar-refractivity contribution in [2.24, 2.45) is 0 Å². The van der Waals surface area contributed by atoms with E-state index in [2.05, 4.69) is 44.6 Å². The minimum absolute atomic E-state index is 0.0871. The highest BCUT2D eigenvalue weighted by atomic mass is 16.2. The van der Waals surface area contributed by atoms with Crippen LogP contribution in [0.25, 0.3) is 0 Å². The Kier molecular flexibility index (Phi) is 5.68. The zero-order chi connectivity index (χ0) is 18.5. The van der Waals surface area contributed by atoms with Crippen molar-refractivity contribution in [3.8, 4) is 0 Å². The Morgan fingerprint density at radius 1 is 1.35 bits per heavy atom. The van der Waals surface area contributed by atoms with Crippen LogP contribution >= 0.6 is 0 Å². The van der Waals surface area contributed by atoms with Gasteiger partial charge in [-0.25, -0.2) is 4.98 Å². The van der Waals surface area contributed by atoms with Gasteiger partial charge in [-0.3, -0.25) is 14.5 Å². The smallest absolute Gasteiger partial charge is 0.237 e. The van der Waals surface area contributed by atoms with E-state index in [9.17, 15) is 9.59 Å². The molecule has 2 heterocycles. The molecule has 1 atom stereocenters. The molecule has 138 valence electrons. The van der Waals surface area contributed by atoms with Crippen molar-refractivity contribution >= 4 is 11.8 Å². The van der Waals surface area contributed by atoms with E-state index >= 15 is 0 Å². The highest BCUT2D eigenvalue weighted by molar-refractivity contribution is 5.88. The highest BCUT2D eigenvalue weighted by Gasteiger charge is 2.31. The standard InChI is InChI=1S/C19H25N5O2/c1-13-5-3-4-6-15(13)11-24-8-7-20-19(26)17(24)9-18(25)21-10-16-14(2)22-12-23-16/h3-6,12,17H,7-11H2,1-2H3,(H,20,26)(H,21,25)(H,22,23)/t17-/m0/s1. The molecule has 3 N–H and O–H groups in total. The molecule has 0 bridgehead atoms. The normalized spacial score (nSPS) is 17.8. The number of benzene rings is 1. The highest BCUT2D eigenvalue weighted by Crippen LogP contribution is 2.16. The van der Waals surface area contributed by atoms with Crippen LogP contribution in [0.3, 0.4) is 0 Å². The molecule has 2 aromatic rings. The van der Waals surface area contributed by atoms with Gasteiger partial charge in [-0.15, -0.1) is 0 Å². The van der Waals surface area contributed by atoms with Crippen molar-refractivity contribution in [3.63, 3.8) is 0 Å². The first-order valence-corrected chi connectivity index (χ1v) is 8.86. The lowest BCUT2D eigenvalue weighted by atomic mass is 10.0. The van der Waals surface area contributed by atoms with Gasteiger partial charge in [0.2, 0.25) is 11.8 Å². The number of rotatable bonds is 6. The SMILES string of the molecule is Cc1ccccc1CN1CCNC(=O)[C@@H]1CC(=O)NCc1nc[nH]c1C. The number of aromatic nitrogens is 2. The summed E-state index contributed by atoms with van der Waals surface area (Å²) in [5.41, 5.74) is 4.11. The lowest BCUT2D eigenvalue weighted by Crippen LogP contribution is -2.56. The maximum Gasteiger partial charge on any atom is 0.237 e. The fourth-order valence-corrected chi connectivity index (χ4v) is 3.17. The molecule has 7 heteroatoms. The molecule has 3 rings (SSSR count). The number of hydrogen-bond donors (Lipinski definition) is 3. The van der Waals surface area contributed by atoms with Gasteiger partial charge in [0.05, 0.1) is 31.0 Å². The van der Waals surface area contributed by atoms with E-state index in [-0.39, 0.29) is 18.2 Å². The number of aryl methyl sites for hydroxylation is 2. The number of carbonyl (C=O) groups excluding carboxylic acids is 2. The van der Waals surface area contributed by atoms with Crippen LogP contribution in [-0.2, 0) is 22.7 Å². The molecular formula is C19H25N5O2. The summed E-state index contributed by atoms with van der Waals surface area (Å²) in [7, 11) is 0. The van der Waals surface area contributed by atoms with Crippen LogP contribution in [0.2, 0.25) is 0 Å². The van der Waals surface area contributed by atoms with Crippen molar-refractivity contribution in [1.82, 2.24) is 25.5 Å². The molecular weight excluding hydrogens is 330 g/mol. The van der Waals surface area contributed by atoms with Crippen molar-refractivity contribution < 1.29 is 9.59 Å². The van der Waals surface area contributed by atoms with Gasteiger partial charge >= 0.3 is 0 Å². The number of nitrogens with zero attached hydrogens (tertiary/aromatic N) is 2. The van der Waals surface area contributed by atoms with E-state index < -0.39 is 6.04 Å². The molecule has 0 saturated carbocycles. The van der Waals surface area contributed by atoms with Gasteiger partial charge in [0.25, 0.3) is 0 Å². The molecule has 2 amide bonds. The third kappa shape index (κ3) is 4.29. The van der Waals surface area contributed by atoms with Crippen LogP contribution in [0.15, 0.2) is 30.6 Å². The number of hydrogen-bond acceptors (Lipinski definition) is 4. The number of aromatic amines is 1. The lowest BCUT2D eigenvalue weighted by molar-refractivity contribution is -0.134. The Hall–Kier alpha value is -2.67. The lowest BCUT2D eigenvalue weighted by Gasteiger charge is -2.35. The first-order valence-electron chi connectivity index (χ1n) is 8.86. The molecule has 26 heavy (non-hydrogen) atoms. The molecule has 1 aromatic heterocycles. The molecule has 1 aliphatic heterocycles. The van der Waals surface area contributed by atoms with Crippen LogP contribution in [0.5, 0.6) is 0 Å². The van der Waals surface area contributed by atoms with Crippen molar-refractivity contribution in [2.45, 2.75) is 39.4 Å². The number of imidazole rings is 1. The molecule has 7 nitrogen and oxygen atoms in total. The Balaban J connectivity index is 1.62. The Labute approximate surface area is 153 Å². The van der Waals surface area contributed by atoms with Gasteiger partial charge in [-0.05, 0) is 25.0 Å². The van der Waals surface area contributed by atoms with Crippen LogP contribution in [-0.4, -0.2) is 45.8 Å². The minimum atomic E-state index is -0.455. The first-order chi connectivity index (χ1) is 12.5. The topological polar surface area (TPSA) is 90.1 Å². The van der Waals surface area contributed by atoms with Gasteiger partial charge in [-0.2, -0.15) is 0 Å². The van der Waals surface area contributed by atoms with E-state index in [0.717, 1.165) is 17.9 Å². The summed E-state index contributed by atoms with van der Waals surface area (Å²) in [6, 6.07) is 7.68. The Morgan fingerprint density at radius 2 is 2.15 bits per heavy atom. The fourth-order valence-electron chi connectivity index (χ4n) is 3.17. The van der Waals surface area contributed by atoms with Crippen LogP contribution in [0, 0.1) is 13.8 Å². The maximum absolute atomic E-state index is 12.4. The average Bonchev–Trinajstić information content (AvgIpc) is 3.03. The van der Waals surface area contributed by atoms with Gasteiger partial charge in [0, 0.05) is 25.3 Å². The number of carbonyl (C=O) groups is 2. The second-order valence-electron chi connectivity index (χ2n) is 6.66. The zero-order valence-corrected chi connectivity index (χ0v) is 15.2. The summed E-state index contributed by atoms with van der Waals surface area (Å²) in [4.78, 5) is 34.0. The van der Waals surface area contributed by atoms with Crippen LogP contribution < -0.4 is 10.6 Å². The average molecular weight is 355 g/mol. The second-order valence-corrected chi connectivity index (χ2v) is 6.66. The predicted octanol–water partition coefficient (Wildman–Crippen LogP) is 1.03. The summed E-state index contributed by atoms with van der Waals surface area (Å²) in [6.07, 6.45) is 1.75. The van der Waals surface area contributed by atoms with Crippen LogP contribution in [0.4, 0.5) is 0 Å². The predicted molar refractivity (Wildman–Crippen MR) is 98.2 cm³/mol. The zero-order valence-electron chi connectivity index (χ0n) is 15.2. The van der Waals surface area contributed by atoms with Crippen LogP contribution in [0.1, 0.15) is 28.9 Å². The second kappa shape index (κ2) is 8.14. The molecule has 1 fully saturated rings. The molecule has 1 aromatic carbocycles. The molecule has 0 unspecified atom stereocenters. The van der Waals surface area contributed by atoms with Gasteiger partial charge in [-0.1, -0.05) is 24.3 Å². The first kappa shape index (κ1) is 18.1. The Bertz CT molecular complexity index is 786. The maximum atomic E-state index is 12.4. The van der Waals surface area contributed by atoms with E-state index in [1.54, 1.807) is 6.33 Å². The number of amides is 2. The monoisotopic (exact) mass is 355 g/mol. The molecule has 1 aliphatic rings. The quantitative estimate of drug-likeness (QED) is 0.722. The molecule has 0 radical (unpaired) electrons. The molecule has 0 aliphatic carbocycles. The van der Waals surface area contributed by atoms with E-state index in [1.807, 2.05) is 19.1 Å². The van der Waals surface area contributed by atoms with Gasteiger partial charge in [0.1, 0.15) is 0 Å². The van der Waals surface area contributed by atoms with Gasteiger partial charge < -0.3 is 15.6 Å². The van der Waals surface area contributed by atoms with Crippen molar-refractivity contribution in [1.29, 1.82) is 0 Å².